The second-order valence-electron chi connectivity index (χ2n) is 6.01. The molecule has 0 aromatic carbocycles. The summed E-state index contributed by atoms with van der Waals surface area (Å²) in [6, 6.07) is 0. The van der Waals surface area contributed by atoms with Crippen molar-refractivity contribution in [1.29, 1.82) is 0 Å². The van der Waals surface area contributed by atoms with Gasteiger partial charge in [-0.1, -0.05) is 33.6 Å². The lowest BCUT2D eigenvalue weighted by molar-refractivity contribution is -0.123. The van der Waals surface area contributed by atoms with Crippen LogP contribution in [0.5, 0.6) is 0 Å². The van der Waals surface area contributed by atoms with Crippen LogP contribution in [0.4, 0.5) is 0 Å². The van der Waals surface area contributed by atoms with Gasteiger partial charge in [-0.25, -0.2) is 0 Å². The van der Waals surface area contributed by atoms with E-state index in [0.717, 1.165) is 31.9 Å². The van der Waals surface area contributed by atoms with Gasteiger partial charge in [-0.2, -0.15) is 0 Å². The average Bonchev–Trinajstić information content (AvgIpc) is 2.31. The summed E-state index contributed by atoms with van der Waals surface area (Å²) < 4.78 is 6.24. The Labute approximate surface area is 100 Å². The molecule has 0 aromatic heterocycles. The van der Waals surface area contributed by atoms with Crippen molar-refractivity contribution in [2.45, 2.75) is 70.4 Å². The highest BCUT2D eigenvalue weighted by atomic mass is 16.5. The second kappa shape index (κ2) is 4.66. The first-order valence-corrected chi connectivity index (χ1v) is 7.03. The van der Waals surface area contributed by atoms with E-state index in [9.17, 15) is 0 Å². The molecule has 1 heterocycles. The standard InChI is InChI=1S/C14H27NO/c1-4-14(5-2)10-15-13(11-16-14)8-6-7-12(3)9-13/h12,15H,4-11H2,1-3H3. The zero-order chi connectivity index (χ0) is 11.6. The van der Waals surface area contributed by atoms with Gasteiger partial charge in [0.1, 0.15) is 0 Å². The van der Waals surface area contributed by atoms with Crippen LogP contribution in [0.3, 0.4) is 0 Å². The molecular formula is C14H27NO. The molecule has 2 heteroatoms. The summed E-state index contributed by atoms with van der Waals surface area (Å²) in [5, 5.41) is 3.83. The first kappa shape index (κ1) is 12.4. The van der Waals surface area contributed by atoms with Crippen LogP contribution < -0.4 is 5.32 Å². The van der Waals surface area contributed by atoms with Crippen molar-refractivity contribution in [3.8, 4) is 0 Å². The van der Waals surface area contributed by atoms with Gasteiger partial charge in [-0.05, 0) is 31.6 Å². The number of ether oxygens (including phenoxy) is 1. The topological polar surface area (TPSA) is 21.3 Å². The first-order chi connectivity index (χ1) is 7.64. The maximum absolute atomic E-state index is 6.24. The third kappa shape index (κ3) is 2.28. The molecule has 2 rings (SSSR count). The molecule has 0 aromatic rings. The van der Waals surface area contributed by atoms with Crippen LogP contribution >= 0.6 is 0 Å². The largest absolute Gasteiger partial charge is 0.372 e. The third-order valence-corrected chi connectivity index (χ3v) is 4.82. The fourth-order valence-electron chi connectivity index (χ4n) is 3.40. The molecule has 1 spiro atoms. The van der Waals surface area contributed by atoms with Crippen LogP contribution in [0.1, 0.15) is 59.3 Å². The van der Waals surface area contributed by atoms with E-state index in [1.54, 1.807) is 0 Å². The molecule has 2 aliphatic rings. The summed E-state index contributed by atoms with van der Waals surface area (Å²) in [6.07, 6.45) is 7.63. The lowest BCUT2D eigenvalue weighted by Crippen LogP contribution is -2.63. The minimum absolute atomic E-state index is 0.117. The SMILES string of the molecule is CCC1(CC)CNC2(CCCC(C)C2)CO1. The Morgan fingerprint density at radius 2 is 2.06 bits per heavy atom. The molecule has 1 saturated carbocycles. The van der Waals surface area contributed by atoms with Crippen molar-refractivity contribution in [3.05, 3.63) is 0 Å². The Balaban J connectivity index is 1.97. The zero-order valence-electron chi connectivity index (χ0n) is 11.1. The predicted octanol–water partition coefficient (Wildman–Crippen LogP) is 3.11. The molecular weight excluding hydrogens is 198 g/mol. The van der Waals surface area contributed by atoms with E-state index < -0.39 is 0 Å². The van der Waals surface area contributed by atoms with Crippen molar-refractivity contribution in [3.63, 3.8) is 0 Å². The van der Waals surface area contributed by atoms with Crippen LogP contribution in [0.15, 0.2) is 0 Å². The summed E-state index contributed by atoms with van der Waals surface area (Å²) in [5.41, 5.74) is 0.428. The molecule has 94 valence electrons. The third-order valence-electron chi connectivity index (χ3n) is 4.82. The smallest absolute Gasteiger partial charge is 0.0802 e. The Hall–Kier alpha value is -0.0800. The average molecular weight is 225 g/mol. The lowest BCUT2D eigenvalue weighted by Gasteiger charge is -2.50. The highest BCUT2D eigenvalue weighted by molar-refractivity contribution is 4.99. The number of rotatable bonds is 2. The van der Waals surface area contributed by atoms with Crippen LogP contribution in [0.2, 0.25) is 0 Å². The zero-order valence-corrected chi connectivity index (χ0v) is 11.1. The number of hydrogen-bond acceptors (Lipinski definition) is 2. The molecule has 1 N–H and O–H groups in total. The van der Waals surface area contributed by atoms with Gasteiger partial charge in [0.25, 0.3) is 0 Å². The van der Waals surface area contributed by atoms with E-state index in [1.165, 1.54) is 25.7 Å². The van der Waals surface area contributed by atoms with E-state index >= 15 is 0 Å². The van der Waals surface area contributed by atoms with Crippen molar-refractivity contribution >= 4 is 0 Å². The molecule has 0 radical (unpaired) electrons. The van der Waals surface area contributed by atoms with E-state index in [-0.39, 0.29) is 5.60 Å². The molecule has 0 bridgehead atoms. The van der Waals surface area contributed by atoms with Crippen LogP contribution in [-0.2, 0) is 4.74 Å². The Kier molecular flexibility index (Phi) is 3.60. The summed E-state index contributed by atoms with van der Waals surface area (Å²) in [6.45, 7) is 8.84. The fourth-order valence-corrected chi connectivity index (χ4v) is 3.40. The Morgan fingerprint density at radius 3 is 2.56 bits per heavy atom. The van der Waals surface area contributed by atoms with E-state index in [4.69, 9.17) is 4.74 Å². The van der Waals surface area contributed by atoms with E-state index in [0.29, 0.717) is 5.54 Å². The maximum atomic E-state index is 6.24. The monoisotopic (exact) mass is 225 g/mol. The molecule has 0 amide bonds. The first-order valence-electron chi connectivity index (χ1n) is 7.03. The molecule has 2 atom stereocenters. The normalized spacial score (nSPS) is 38.8. The molecule has 16 heavy (non-hydrogen) atoms. The second-order valence-corrected chi connectivity index (χ2v) is 6.01. The van der Waals surface area contributed by atoms with Gasteiger partial charge in [0.05, 0.1) is 12.2 Å². The number of nitrogens with one attached hydrogen (secondary N) is 1. The van der Waals surface area contributed by atoms with Gasteiger partial charge in [0.2, 0.25) is 0 Å². The Bertz CT molecular complexity index is 225. The van der Waals surface area contributed by atoms with Gasteiger partial charge < -0.3 is 10.1 Å². The summed E-state index contributed by atoms with van der Waals surface area (Å²) in [7, 11) is 0. The maximum Gasteiger partial charge on any atom is 0.0802 e. The van der Waals surface area contributed by atoms with Gasteiger partial charge in [-0.3, -0.25) is 0 Å². The summed E-state index contributed by atoms with van der Waals surface area (Å²) >= 11 is 0. The van der Waals surface area contributed by atoms with E-state index in [2.05, 4.69) is 26.1 Å². The number of morpholine rings is 1. The quantitative estimate of drug-likeness (QED) is 0.779. The van der Waals surface area contributed by atoms with Crippen molar-refractivity contribution in [2.24, 2.45) is 5.92 Å². The highest BCUT2D eigenvalue weighted by Gasteiger charge is 2.43. The molecule has 2 fully saturated rings. The lowest BCUT2D eigenvalue weighted by atomic mass is 9.75. The summed E-state index contributed by atoms with van der Waals surface area (Å²) in [5.74, 6) is 0.862. The molecule has 2 nitrogen and oxygen atoms in total. The Morgan fingerprint density at radius 1 is 1.31 bits per heavy atom. The van der Waals surface area contributed by atoms with Crippen LogP contribution in [0, 0.1) is 5.92 Å². The molecule has 1 aliphatic carbocycles. The van der Waals surface area contributed by atoms with Crippen molar-refractivity contribution in [2.75, 3.05) is 13.2 Å². The predicted molar refractivity (Wildman–Crippen MR) is 67.6 cm³/mol. The van der Waals surface area contributed by atoms with Gasteiger partial charge in [-0.15, -0.1) is 0 Å². The molecule has 1 aliphatic heterocycles. The van der Waals surface area contributed by atoms with Crippen LogP contribution in [0.25, 0.3) is 0 Å². The summed E-state index contributed by atoms with van der Waals surface area (Å²) in [4.78, 5) is 0. The molecule has 1 saturated heterocycles. The minimum atomic E-state index is 0.117. The minimum Gasteiger partial charge on any atom is -0.372 e. The van der Waals surface area contributed by atoms with Crippen molar-refractivity contribution < 1.29 is 4.74 Å². The van der Waals surface area contributed by atoms with E-state index in [1.807, 2.05) is 0 Å². The van der Waals surface area contributed by atoms with Crippen molar-refractivity contribution in [1.82, 2.24) is 5.32 Å². The molecule has 2 unspecified atom stereocenters. The van der Waals surface area contributed by atoms with Gasteiger partial charge >= 0.3 is 0 Å². The fraction of sp³-hybridized carbons (Fsp3) is 1.00. The van der Waals surface area contributed by atoms with Gasteiger partial charge in [0.15, 0.2) is 0 Å². The van der Waals surface area contributed by atoms with Crippen LogP contribution in [-0.4, -0.2) is 24.3 Å². The van der Waals surface area contributed by atoms with Gasteiger partial charge in [0, 0.05) is 12.1 Å². The number of hydrogen-bond donors (Lipinski definition) is 1. The highest BCUT2D eigenvalue weighted by Crippen LogP contribution is 2.37.